The number of rotatable bonds is 5. The number of aliphatic imine (C=N–C) groups is 1. The highest BCUT2D eigenvalue weighted by Crippen LogP contribution is 2.36. The first-order chi connectivity index (χ1) is 16.0. The fourth-order valence-corrected chi connectivity index (χ4v) is 4.90. The molecule has 8 heteroatoms. The van der Waals surface area contributed by atoms with E-state index in [4.69, 9.17) is 16.5 Å². The van der Waals surface area contributed by atoms with Gasteiger partial charge in [0.2, 0.25) is 11.9 Å². The van der Waals surface area contributed by atoms with Crippen molar-refractivity contribution in [2.24, 2.45) is 16.5 Å². The molecule has 5 rings (SSSR count). The predicted molar refractivity (Wildman–Crippen MR) is 131 cm³/mol. The maximum absolute atomic E-state index is 13.0. The van der Waals surface area contributed by atoms with Crippen LogP contribution in [0.3, 0.4) is 0 Å². The van der Waals surface area contributed by atoms with Crippen molar-refractivity contribution in [1.29, 1.82) is 0 Å². The van der Waals surface area contributed by atoms with Crippen molar-refractivity contribution >= 4 is 34.5 Å². The summed E-state index contributed by atoms with van der Waals surface area (Å²) in [5.74, 6) is 0.848. The van der Waals surface area contributed by atoms with E-state index in [2.05, 4.69) is 32.7 Å². The molecule has 1 aromatic heterocycles. The lowest BCUT2D eigenvalue weighted by atomic mass is 9.77. The standard InChI is InChI=1S/C25H29N7O/c1-14-10-11-19-18(12-14)22(28-20-8-4-5-9-21(20)29-24(26)27)31-25(30-19)32-23(33)17-13-15-6-2-3-7-16(15)17/h2-3,6-7,10-12,17,20-21H,4-5,8-9,13H2,1H3,(H4,26,27,29)(H2,28,30,31,32,33). The minimum atomic E-state index is -0.167. The number of nitrogens with zero attached hydrogens (tertiary/aromatic N) is 3. The molecule has 170 valence electrons. The first kappa shape index (κ1) is 21.2. The molecule has 3 aromatic rings. The predicted octanol–water partition coefficient (Wildman–Crippen LogP) is 3.21. The summed E-state index contributed by atoms with van der Waals surface area (Å²) in [6.07, 6.45) is 4.79. The second-order valence-electron chi connectivity index (χ2n) is 9.02. The second-order valence-corrected chi connectivity index (χ2v) is 9.02. The van der Waals surface area contributed by atoms with Gasteiger partial charge >= 0.3 is 0 Å². The highest BCUT2D eigenvalue weighted by molar-refractivity contribution is 5.98. The molecule has 0 saturated heterocycles. The van der Waals surface area contributed by atoms with Crippen molar-refractivity contribution in [1.82, 2.24) is 9.97 Å². The molecular formula is C25H29N7O. The second kappa shape index (κ2) is 8.69. The minimum Gasteiger partial charge on any atom is -0.370 e. The fourth-order valence-electron chi connectivity index (χ4n) is 4.90. The third-order valence-corrected chi connectivity index (χ3v) is 6.62. The molecule has 2 aliphatic rings. The number of aryl methyl sites for hydroxylation is 1. The molecule has 2 aliphatic carbocycles. The van der Waals surface area contributed by atoms with Gasteiger partial charge in [-0.1, -0.05) is 48.7 Å². The Balaban J connectivity index is 1.44. The molecule has 1 fully saturated rings. The molecule has 33 heavy (non-hydrogen) atoms. The maximum Gasteiger partial charge on any atom is 0.234 e. The Morgan fingerprint density at radius 1 is 1.09 bits per heavy atom. The molecular weight excluding hydrogens is 414 g/mol. The van der Waals surface area contributed by atoms with Crippen molar-refractivity contribution in [2.45, 2.75) is 57.0 Å². The monoisotopic (exact) mass is 443 g/mol. The lowest BCUT2D eigenvalue weighted by Gasteiger charge is -2.30. The van der Waals surface area contributed by atoms with E-state index in [1.165, 1.54) is 5.56 Å². The molecule has 0 radical (unpaired) electrons. The van der Waals surface area contributed by atoms with Gasteiger partial charge in [0.25, 0.3) is 0 Å². The molecule has 0 spiro atoms. The molecule has 2 aromatic carbocycles. The Labute approximate surface area is 192 Å². The number of hydrogen-bond acceptors (Lipinski definition) is 5. The van der Waals surface area contributed by atoms with Crippen LogP contribution in [0.4, 0.5) is 11.8 Å². The number of carbonyl (C=O) groups excluding carboxylic acids is 1. The first-order valence-electron chi connectivity index (χ1n) is 11.5. The summed E-state index contributed by atoms with van der Waals surface area (Å²) < 4.78 is 0. The number of hydrogen-bond donors (Lipinski definition) is 4. The minimum absolute atomic E-state index is 0.0110. The number of fused-ring (bicyclic) bond motifs is 2. The van der Waals surface area contributed by atoms with Crippen LogP contribution in [0.15, 0.2) is 47.5 Å². The van der Waals surface area contributed by atoms with Crippen molar-refractivity contribution in [3.63, 3.8) is 0 Å². The van der Waals surface area contributed by atoms with Gasteiger partial charge in [0.1, 0.15) is 5.82 Å². The molecule has 0 bridgehead atoms. The molecule has 6 N–H and O–H groups in total. The third kappa shape index (κ3) is 4.33. The molecule has 0 aliphatic heterocycles. The third-order valence-electron chi connectivity index (χ3n) is 6.62. The van der Waals surface area contributed by atoms with Crippen LogP contribution >= 0.6 is 0 Å². The van der Waals surface area contributed by atoms with Gasteiger partial charge in [-0.2, -0.15) is 4.98 Å². The van der Waals surface area contributed by atoms with Crippen LogP contribution < -0.4 is 22.1 Å². The highest BCUT2D eigenvalue weighted by atomic mass is 16.2. The van der Waals surface area contributed by atoms with E-state index >= 15 is 0 Å². The van der Waals surface area contributed by atoms with Crippen LogP contribution in [0.2, 0.25) is 0 Å². The topological polar surface area (TPSA) is 131 Å². The summed E-state index contributed by atoms with van der Waals surface area (Å²) in [6.45, 7) is 2.04. The number of nitrogens with two attached hydrogens (primary N) is 2. The number of guanidine groups is 1. The SMILES string of the molecule is Cc1ccc2nc(NC(=O)C3Cc4ccccc43)nc(NC3CCCCC3N=C(N)N)c2c1. The quantitative estimate of drug-likeness (QED) is 0.354. The van der Waals surface area contributed by atoms with E-state index in [0.717, 1.165) is 54.1 Å². The van der Waals surface area contributed by atoms with Gasteiger partial charge in [-0.25, -0.2) is 9.98 Å². The van der Waals surface area contributed by atoms with Crippen LogP contribution in [0.5, 0.6) is 0 Å². The maximum atomic E-state index is 13.0. The summed E-state index contributed by atoms with van der Waals surface area (Å²) in [6, 6.07) is 14.1. The summed E-state index contributed by atoms with van der Waals surface area (Å²) >= 11 is 0. The molecule has 8 nitrogen and oxygen atoms in total. The zero-order valence-electron chi connectivity index (χ0n) is 18.7. The van der Waals surface area contributed by atoms with Gasteiger partial charge in [-0.3, -0.25) is 10.1 Å². The number of anilines is 2. The zero-order valence-corrected chi connectivity index (χ0v) is 18.7. The van der Waals surface area contributed by atoms with E-state index < -0.39 is 0 Å². The van der Waals surface area contributed by atoms with E-state index in [1.54, 1.807) is 0 Å². The Morgan fingerprint density at radius 2 is 1.91 bits per heavy atom. The largest absolute Gasteiger partial charge is 0.370 e. The van der Waals surface area contributed by atoms with Crippen molar-refractivity contribution in [3.05, 3.63) is 59.2 Å². The number of benzene rings is 2. The van der Waals surface area contributed by atoms with E-state index in [0.29, 0.717) is 11.8 Å². The number of carbonyl (C=O) groups is 1. The zero-order chi connectivity index (χ0) is 22.9. The summed E-state index contributed by atoms with van der Waals surface area (Å²) in [4.78, 5) is 26.8. The van der Waals surface area contributed by atoms with E-state index in [1.807, 2.05) is 37.3 Å². The van der Waals surface area contributed by atoms with E-state index in [-0.39, 0.29) is 29.9 Å². The Morgan fingerprint density at radius 3 is 2.73 bits per heavy atom. The molecule has 1 saturated carbocycles. The van der Waals surface area contributed by atoms with Crippen molar-refractivity contribution in [2.75, 3.05) is 10.6 Å². The average molecular weight is 444 g/mol. The smallest absolute Gasteiger partial charge is 0.234 e. The Hall–Kier alpha value is -3.68. The van der Waals surface area contributed by atoms with E-state index in [9.17, 15) is 4.79 Å². The van der Waals surface area contributed by atoms with Gasteiger partial charge in [-0.15, -0.1) is 0 Å². The van der Waals surface area contributed by atoms with Crippen molar-refractivity contribution < 1.29 is 4.79 Å². The lowest BCUT2D eigenvalue weighted by molar-refractivity contribution is -0.118. The van der Waals surface area contributed by atoms with Gasteiger partial charge in [0.15, 0.2) is 5.96 Å². The van der Waals surface area contributed by atoms with Crippen LogP contribution in [0, 0.1) is 6.92 Å². The average Bonchev–Trinajstić information content (AvgIpc) is 2.76. The van der Waals surface area contributed by atoms with Crippen LogP contribution in [-0.2, 0) is 11.2 Å². The summed E-state index contributed by atoms with van der Waals surface area (Å²) in [7, 11) is 0. The molecule has 3 atom stereocenters. The van der Waals surface area contributed by atoms with Crippen molar-refractivity contribution in [3.8, 4) is 0 Å². The summed E-state index contributed by atoms with van der Waals surface area (Å²) in [5, 5.41) is 7.43. The summed E-state index contributed by atoms with van der Waals surface area (Å²) in [5.41, 5.74) is 15.5. The molecule has 1 amide bonds. The number of aromatic nitrogens is 2. The van der Waals surface area contributed by atoms with Gasteiger partial charge in [0, 0.05) is 5.39 Å². The van der Waals surface area contributed by atoms with Crippen LogP contribution in [-0.4, -0.2) is 33.9 Å². The lowest BCUT2D eigenvalue weighted by Crippen LogP contribution is -2.38. The van der Waals surface area contributed by atoms with Crippen LogP contribution in [0.25, 0.3) is 10.9 Å². The highest BCUT2D eigenvalue weighted by Gasteiger charge is 2.32. The Kier molecular flexibility index (Phi) is 5.58. The van der Waals surface area contributed by atoms with Crippen LogP contribution in [0.1, 0.15) is 48.3 Å². The molecule has 3 unspecified atom stereocenters. The fraction of sp³-hybridized carbons (Fsp3) is 0.360. The van der Waals surface area contributed by atoms with Gasteiger partial charge < -0.3 is 16.8 Å². The normalized spacial score (nSPS) is 21.5. The van der Waals surface area contributed by atoms with Gasteiger partial charge in [0.05, 0.1) is 23.5 Å². The number of nitrogens with one attached hydrogen (secondary N) is 2. The Bertz CT molecular complexity index is 1230. The first-order valence-corrected chi connectivity index (χ1v) is 11.5. The number of amides is 1. The molecule has 1 heterocycles. The van der Waals surface area contributed by atoms with Gasteiger partial charge in [-0.05, 0) is 49.4 Å².